The lowest BCUT2D eigenvalue weighted by Crippen LogP contribution is -2.06. The summed E-state index contributed by atoms with van der Waals surface area (Å²) < 4.78 is 11.5. The monoisotopic (exact) mass is 325 g/mol. The smallest absolute Gasteiger partial charge is 0.254 e. The summed E-state index contributed by atoms with van der Waals surface area (Å²) in [6.07, 6.45) is -0.148. The first-order valence-corrected chi connectivity index (χ1v) is 7.89. The fourth-order valence-electron chi connectivity index (χ4n) is 1.91. The van der Waals surface area contributed by atoms with Crippen LogP contribution in [-0.2, 0) is 9.05 Å². The van der Waals surface area contributed by atoms with Gasteiger partial charge in [-0.1, -0.05) is 60.7 Å². The van der Waals surface area contributed by atoms with Gasteiger partial charge in [0.15, 0.2) is 0 Å². The summed E-state index contributed by atoms with van der Waals surface area (Å²) in [5.41, 5.74) is 8.17. The average molecular weight is 326 g/mol. The Labute approximate surface area is 133 Å². The topological polar surface area (TPSA) is 44.5 Å². The van der Waals surface area contributed by atoms with E-state index >= 15 is 0 Å². The molecule has 114 valence electrons. The first-order valence-electron chi connectivity index (χ1n) is 6.65. The summed E-state index contributed by atoms with van der Waals surface area (Å²) in [7, 11) is -1.41. The molecule has 0 spiro atoms. The Morgan fingerprint density at radius 2 is 1.10 bits per heavy atom. The Kier molecular flexibility index (Phi) is 7.87. The maximum atomic E-state index is 5.97. The molecule has 0 saturated carbocycles. The zero-order chi connectivity index (χ0) is 14.4. The second-order valence-electron chi connectivity index (χ2n) is 4.60. The van der Waals surface area contributed by atoms with Gasteiger partial charge in [-0.2, -0.15) is 0 Å². The van der Waals surface area contributed by atoms with Gasteiger partial charge in [-0.05, 0) is 25.0 Å². The van der Waals surface area contributed by atoms with Crippen LogP contribution >= 0.6 is 20.9 Å². The van der Waals surface area contributed by atoms with Crippen LogP contribution in [0.1, 0.15) is 37.2 Å². The van der Waals surface area contributed by atoms with Crippen LogP contribution in [0.4, 0.5) is 0 Å². The number of hydrogen-bond acceptors (Lipinski definition) is 3. The number of benzene rings is 2. The van der Waals surface area contributed by atoms with Crippen molar-refractivity contribution in [2.75, 3.05) is 0 Å². The molecule has 2 rings (SSSR count). The van der Waals surface area contributed by atoms with E-state index < -0.39 is 8.53 Å². The van der Waals surface area contributed by atoms with E-state index in [1.807, 2.05) is 74.5 Å². The number of nitrogens with two attached hydrogens (primary N) is 1. The van der Waals surface area contributed by atoms with E-state index in [1.165, 1.54) is 0 Å². The lowest BCUT2D eigenvalue weighted by molar-refractivity contribution is 0.162. The normalized spacial score (nSPS) is 14.8. The van der Waals surface area contributed by atoms with Gasteiger partial charge in [0, 0.05) is 0 Å². The van der Waals surface area contributed by atoms with E-state index in [-0.39, 0.29) is 24.6 Å². The van der Waals surface area contributed by atoms with E-state index in [1.54, 1.807) is 0 Å². The van der Waals surface area contributed by atoms with Crippen LogP contribution in [-0.4, -0.2) is 0 Å². The summed E-state index contributed by atoms with van der Waals surface area (Å²) >= 11 is 0. The number of hydrogen-bond donors (Lipinski definition) is 1. The largest absolute Gasteiger partial charge is 0.314 e. The minimum Gasteiger partial charge on any atom is -0.314 e. The molecular formula is C16H21ClNO2P. The second kappa shape index (κ2) is 9.14. The molecule has 2 atom stereocenters. The first-order chi connectivity index (χ1) is 9.66. The fourth-order valence-corrected chi connectivity index (χ4v) is 2.82. The highest BCUT2D eigenvalue weighted by molar-refractivity contribution is 7.44. The minimum absolute atomic E-state index is 0. The molecular weight excluding hydrogens is 305 g/mol. The van der Waals surface area contributed by atoms with Crippen LogP contribution in [0.15, 0.2) is 60.7 Å². The highest BCUT2D eigenvalue weighted by atomic mass is 35.5. The summed E-state index contributed by atoms with van der Waals surface area (Å²) in [6.45, 7) is 3.96. The lowest BCUT2D eigenvalue weighted by atomic mass is 10.1. The minimum atomic E-state index is -1.41. The standard InChI is InChI=1S/C16H20NO2P.ClH/c1-13(15-9-5-3-6-10-15)18-20(17)19-14(2)16-11-7-4-8-12-16;/h3-14H,17H2,1-2H3;1H. The summed E-state index contributed by atoms with van der Waals surface area (Å²) in [4.78, 5) is 0. The Morgan fingerprint density at radius 3 is 1.43 bits per heavy atom. The van der Waals surface area contributed by atoms with Gasteiger partial charge in [-0.25, -0.2) is 0 Å². The zero-order valence-corrected chi connectivity index (χ0v) is 13.9. The van der Waals surface area contributed by atoms with Crippen molar-refractivity contribution in [3.63, 3.8) is 0 Å². The molecule has 2 N–H and O–H groups in total. The molecule has 0 aliphatic carbocycles. The van der Waals surface area contributed by atoms with Gasteiger partial charge in [0.05, 0.1) is 12.2 Å². The molecule has 21 heavy (non-hydrogen) atoms. The molecule has 0 bridgehead atoms. The van der Waals surface area contributed by atoms with Crippen LogP contribution in [0.5, 0.6) is 0 Å². The van der Waals surface area contributed by atoms with Gasteiger partial charge < -0.3 is 9.05 Å². The molecule has 0 saturated heterocycles. The highest BCUT2D eigenvalue weighted by Crippen LogP contribution is 2.40. The third-order valence-electron chi connectivity index (χ3n) is 3.06. The lowest BCUT2D eigenvalue weighted by Gasteiger charge is -2.21. The first kappa shape index (κ1) is 18.1. The Hall–Kier alpha value is -0.960. The highest BCUT2D eigenvalue weighted by Gasteiger charge is 2.16. The summed E-state index contributed by atoms with van der Waals surface area (Å²) in [5.74, 6) is 0. The van der Waals surface area contributed by atoms with Crippen molar-refractivity contribution in [2.24, 2.45) is 5.50 Å². The van der Waals surface area contributed by atoms with E-state index in [4.69, 9.17) is 14.6 Å². The predicted molar refractivity (Wildman–Crippen MR) is 90.2 cm³/mol. The van der Waals surface area contributed by atoms with E-state index in [9.17, 15) is 0 Å². The number of rotatable bonds is 6. The summed E-state index contributed by atoms with van der Waals surface area (Å²) in [6, 6.07) is 20.0. The SMILES string of the molecule is CC(OP(N)OC(C)c1ccccc1)c1ccccc1.Cl. The zero-order valence-electron chi connectivity index (χ0n) is 12.2. The quantitative estimate of drug-likeness (QED) is 0.747. The van der Waals surface area contributed by atoms with Crippen LogP contribution in [0.2, 0.25) is 0 Å². The van der Waals surface area contributed by atoms with E-state index in [0.29, 0.717) is 0 Å². The molecule has 0 amide bonds. The van der Waals surface area contributed by atoms with Gasteiger partial charge in [0.1, 0.15) is 0 Å². The third-order valence-corrected chi connectivity index (χ3v) is 4.11. The maximum Gasteiger partial charge on any atom is 0.254 e. The summed E-state index contributed by atoms with van der Waals surface area (Å²) in [5, 5.41) is 0. The van der Waals surface area contributed by atoms with Crippen LogP contribution < -0.4 is 5.50 Å². The molecule has 0 radical (unpaired) electrons. The molecule has 3 nitrogen and oxygen atoms in total. The van der Waals surface area contributed by atoms with Gasteiger partial charge in [0.25, 0.3) is 8.53 Å². The fraction of sp³-hybridized carbons (Fsp3) is 0.250. The molecule has 2 aromatic carbocycles. The Morgan fingerprint density at radius 1 is 0.762 bits per heavy atom. The van der Waals surface area contributed by atoms with Crippen LogP contribution in [0, 0.1) is 0 Å². The van der Waals surface area contributed by atoms with Gasteiger partial charge in [0.2, 0.25) is 0 Å². The van der Waals surface area contributed by atoms with Crippen molar-refractivity contribution < 1.29 is 9.05 Å². The molecule has 0 aromatic heterocycles. The van der Waals surface area contributed by atoms with Gasteiger partial charge >= 0.3 is 0 Å². The molecule has 0 fully saturated rings. The Bertz CT molecular complexity index is 465. The average Bonchev–Trinajstić information content (AvgIpc) is 2.49. The van der Waals surface area contributed by atoms with Gasteiger partial charge in [-0.15, -0.1) is 12.4 Å². The molecule has 2 aromatic rings. The van der Waals surface area contributed by atoms with Gasteiger partial charge in [-0.3, -0.25) is 5.50 Å². The van der Waals surface area contributed by atoms with Crippen LogP contribution in [0.3, 0.4) is 0 Å². The van der Waals surface area contributed by atoms with Crippen molar-refractivity contribution in [1.29, 1.82) is 0 Å². The van der Waals surface area contributed by atoms with Crippen molar-refractivity contribution in [3.8, 4) is 0 Å². The maximum absolute atomic E-state index is 5.97. The van der Waals surface area contributed by atoms with Crippen molar-refractivity contribution in [3.05, 3.63) is 71.8 Å². The van der Waals surface area contributed by atoms with E-state index in [0.717, 1.165) is 11.1 Å². The predicted octanol–water partition coefficient (Wildman–Crippen LogP) is 5.15. The molecule has 2 unspecified atom stereocenters. The number of halogens is 1. The Balaban J connectivity index is 0.00000220. The van der Waals surface area contributed by atoms with Crippen molar-refractivity contribution >= 4 is 20.9 Å². The molecule has 0 aliphatic heterocycles. The third kappa shape index (κ3) is 5.74. The molecule has 0 aliphatic rings. The van der Waals surface area contributed by atoms with Crippen molar-refractivity contribution in [1.82, 2.24) is 0 Å². The molecule has 5 heteroatoms. The molecule has 0 heterocycles. The second-order valence-corrected chi connectivity index (χ2v) is 5.59. The van der Waals surface area contributed by atoms with E-state index in [2.05, 4.69) is 0 Å². The van der Waals surface area contributed by atoms with Crippen molar-refractivity contribution in [2.45, 2.75) is 26.1 Å². The van der Waals surface area contributed by atoms with Crippen LogP contribution in [0.25, 0.3) is 0 Å².